The molecule has 2 N–H and O–H groups in total. The average Bonchev–Trinajstić information content (AvgIpc) is 3.10. The summed E-state index contributed by atoms with van der Waals surface area (Å²) in [6.07, 6.45) is 7.28. The number of imide groups is 1. The van der Waals surface area contributed by atoms with Crippen LogP contribution >= 0.6 is 0 Å². The number of carbonyl (C=O) groups is 3. The van der Waals surface area contributed by atoms with Crippen LogP contribution in [0.15, 0.2) is 18.2 Å². The predicted molar refractivity (Wildman–Crippen MR) is 125 cm³/mol. The molecule has 1 saturated carbocycles. The zero-order valence-corrected chi connectivity index (χ0v) is 19.7. The summed E-state index contributed by atoms with van der Waals surface area (Å²) in [4.78, 5) is 42.0. The number of hydrogen-bond acceptors (Lipinski definition) is 4. The van der Waals surface area contributed by atoms with Crippen LogP contribution in [0.5, 0.6) is 0 Å². The number of benzene rings is 1. The van der Waals surface area contributed by atoms with E-state index in [2.05, 4.69) is 27.6 Å². The smallest absolute Gasteiger partial charge is 0.255 e. The number of piperidine rings is 1. The Morgan fingerprint density at radius 3 is 2.73 bits per heavy atom. The normalized spacial score (nSPS) is 25.5. The van der Waals surface area contributed by atoms with Gasteiger partial charge in [0, 0.05) is 51.4 Å². The third kappa shape index (κ3) is 5.27. The molecule has 3 atom stereocenters. The van der Waals surface area contributed by atoms with E-state index in [1.807, 2.05) is 19.9 Å². The third-order valence-corrected chi connectivity index (χ3v) is 7.44. The van der Waals surface area contributed by atoms with Gasteiger partial charge in [0.1, 0.15) is 6.04 Å². The summed E-state index contributed by atoms with van der Waals surface area (Å²) in [5.74, 6) is -0.219. The minimum atomic E-state index is -0.572. The highest BCUT2D eigenvalue weighted by Crippen LogP contribution is 2.32. The van der Waals surface area contributed by atoms with Crippen LogP contribution in [0.2, 0.25) is 0 Å². The Labute approximate surface area is 196 Å². The van der Waals surface area contributed by atoms with Crippen LogP contribution in [0.4, 0.5) is 0 Å². The number of rotatable bonds is 7. The highest BCUT2D eigenvalue weighted by Gasteiger charge is 2.39. The van der Waals surface area contributed by atoms with Gasteiger partial charge >= 0.3 is 0 Å². The average molecular weight is 451 g/mol. The fraction of sp³-hybridized carbons (Fsp3) is 0.615. The van der Waals surface area contributed by atoms with E-state index in [9.17, 15) is 14.4 Å². The van der Waals surface area contributed by atoms with Gasteiger partial charge in [-0.15, -0.1) is 0 Å². The van der Waals surface area contributed by atoms with Gasteiger partial charge in [0.2, 0.25) is 17.4 Å². The zero-order valence-electron chi connectivity index (χ0n) is 19.7. The molecule has 7 heteroatoms. The van der Waals surface area contributed by atoms with Crippen molar-refractivity contribution in [2.45, 2.75) is 89.4 Å². The molecule has 1 unspecified atom stereocenters. The van der Waals surface area contributed by atoms with Crippen molar-refractivity contribution >= 4 is 17.7 Å². The molecule has 2 heterocycles. The Hall–Kier alpha value is -2.72. The number of nitrogens with one attached hydrogen (secondary N) is 2. The van der Waals surface area contributed by atoms with Crippen LogP contribution in [0.3, 0.4) is 0 Å². The second-order valence-electron chi connectivity index (χ2n) is 10.4. The molecular formula is C26H34N4O3. The van der Waals surface area contributed by atoms with Crippen LogP contribution < -0.4 is 10.6 Å². The molecule has 0 aromatic heterocycles. The summed E-state index contributed by atoms with van der Waals surface area (Å²) < 4.78 is 0. The largest absolute Gasteiger partial charge is 0.322 e. The summed E-state index contributed by atoms with van der Waals surface area (Å²) in [6, 6.07) is 5.97. The van der Waals surface area contributed by atoms with Crippen molar-refractivity contribution in [2.75, 3.05) is 6.54 Å². The fourth-order valence-corrected chi connectivity index (χ4v) is 5.40. The molecule has 33 heavy (non-hydrogen) atoms. The maximum atomic E-state index is 12.9. The quantitative estimate of drug-likeness (QED) is 0.494. The van der Waals surface area contributed by atoms with Crippen LogP contribution in [0.25, 0.3) is 4.85 Å². The highest BCUT2D eigenvalue weighted by molar-refractivity contribution is 6.05. The first-order valence-corrected chi connectivity index (χ1v) is 12.2. The van der Waals surface area contributed by atoms with Crippen molar-refractivity contribution in [1.29, 1.82) is 0 Å². The third-order valence-electron chi connectivity index (χ3n) is 7.44. The molecule has 1 aromatic carbocycles. The van der Waals surface area contributed by atoms with Crippen molar-refractivity contribution in [3.8, 4) is 0 Å². The van der Waals surface area contributed by atoms with Crippen LogP contribution in [0.1, 0.15) is 80.3 Å². The molecule has 0 radical (unpaired) electrons. The summed E-state index contributed by atoms with van der Waals surface area (Å²) in [7, 11) is 0. The topological polar surface area (TPSA) is 82.9 Å². The molecule has 7 nitrogen and oxygen atoms in total. The SMILES string of the molecule is [C-]#[N+]C(C)(C)CCN[C@H]1CCCC[C@@H]1Cc1ccc2c(c1)CN(C1CCC(=O)NC1=O)C2=O. The van der Waals surface area contributed by atoms with E-state index in [0.29, 0.717) is 30.5 Å². The molecule has 1 saturated heterocycles. The second kappa shape index (κ2) is 9.64. The summed E-state index contributed by atoms with van der Waals surface area (Å²) >= 11 is 0. The van der Waals surface area contributed by atoms with Crippen molar-refractivity contribution in [2.24, 2.45) is 5.92 Å². The van der Waals surface area contributed by atoms with Crippen molar-refractivity contribution in [1.82, 2.24) is 15.5 Å². The first kappa shape index (κ1) is 23.4. The Bertz CT molecular complexity index is 980. The summed E-state index contributed by atoms with van der Waals surface area (Å²) in [5.41, 5.74) is 2.55. The Kier molecular flexibility index (Phi) is 6.85. The van der Waals surface area contributed by atoms with Gasteiger partial charge in [0.15, 0.2) is 0 Å². The molecule has 3 aliphatic rings. The molecule has 3 amide bonds. The summed E-state index contributed by atoms with van der Waals surface area (Å²) in [6.45, 7) is 12.6. The zero-order chi connectivity index (χ0) is 23.6. The molecule has 1 aliphatic carbocycles. The highest BCUT2D eigenvalue weighted by atomic mass is 16.2. The number of amides is 3. The molecule has 2 fully saturated rings. The van der Waals surface area contributed by atoms with E-state index in [1.165, 1.54) is 24.8 Å². The number of carbonyl (C=O) groups excluding carboxylic acids is 3. The molecule has 1 aromatic rings. The van der Waals surface area contributed by atoms with Gasteiger partial charge in [0.25, 0.3) is 5.91 Å². The molecule has 4 rings (SSSR count). The molecule has 2 aliphatic heterocycles. The lowest BCUT2D eigenvalue weighted by Gasteiger charge is -2.33. The Morgan fingerprint density at radius 1 is 1.18 bits per heavy atom. The van der Waals surface area contributed by atoms with Gasteiger partial charge in [-0.1, -0.05) is 25.0 Å². The predicted octanol–water partition coefficient (Wildman–Crippen LogP) is 3.23. The number of hydrogen-bond donors (Lipinski definition) is 2. The van der Waals surface area contributed by atoms with Crippen molar-refractivity contribution in [3.05, 3.63) is 46.3 Å². The lowest BCUT2D eigenvalue weighted by Crippen LogP contribution is -2.52. The first-order valence-electron chi connectivity index (χ1n) is 12.2. The van der Waals surface area contributed by atoms with Crippen molar-refractivity contribution < 1.29 is 14.4 Å². The summed E-state index contributed by atoms with van der Waals surface area (Å²) in [5, 5.41) is 6.08. The van der Waals surface area contributed by atoms with Gasteiger partial charge in [-0.25, -0.2) is 6.57 Å². The maximum Gasteiger partial charge on any atom is 0.255 e. The van der Waals surface area contributed by atoms with Gasteiger partial charge in [-0.3, -0.25) is 19.7 Å². The number of nitrogens with zero attached hydrogens (tertiary/aromatic N) is 2. The van der Waals surface area contributed by atoms with Crippen molar-refractivity contribution in [3.63, 3.8) is 0 Å². The lowest BCUT2D eigenvalue weighted by atomic mass is 9.80. The van der Waals surface area contributed by atoms with E-state index in [-0.39, 0.29) is 29.7 Å². The first-order chi connectivity index (χ1) is 15.8. The van der Waals surface area contributed by atoms with Gasteiger partial charge < -0.3 is 15.1 Å². The monoisotopic (exact) mass is 450 g/mol. The van der Waals surface area contributed by atoms with Crippen LogP contribution in [-0.4, -0.2) is 46.8 Å². The second-order valence-corrected chi connectivity index (χ2v) is 10.4. The maximum absolute atomic E-state index is 12.9. The lowest BCUT2D eigenvalue weighted by molar-refractivity contribution is -0.136. The Balaban J connectivity index is 1.40. The molecule has 0 bridgehead atoms. The van der Waals surface area contributed by atoms with Crippen LogP contribution in [0, 0.1) is 12.5 Å². The van der Waals surface area contributed by atoms with Crippen LogP contribution in [-0.2, 0) is 22.6 Å². The fourth-order valence-electron chi connectivity index (χ4n) is 5.40. The standard InChI is InChI=1S/C26H34N4O3/c1-26(2,27-3)12-13-28-21-7-5-4-6-18(21)14-17-8-9-20-19(15-17)16-30(25(20)33)22-10-11-23(31)29-24(22)32/h8-9,15,18,21-22,28H,4-7,10-14,16H2,1-2H3,(H,29,31,32)/t18-,21+,22?/m1/s1. The molecular weight excluding hydrogens is 416 g/mol. The Morgan fingerprint density at radius 2 is 1.97 bits per heavy atom. The van der Waals surface area contributed by atoms with Gasteiger partial charge in [-0.05, 0) is 48.8 Å². The molecule has 0 spiro atoms. The van der Waals surface area contributed by atoms with Gasteiger partial charge in [0.05, 0.1) is 0 Å². The minimum absolute atomic E-state index is 0.120. The minimum Gasteiger partial charge on any atom is -0.322 e. The van der Waals surface area contributed by atoms with Gasteiger partial charge in [-0.2, -0.15) is 0 Å². The number of fused-ring (bicyclic) bond motifs is 1. The van der Waals surface area contributed by atoms with E-state index >= 15 is 0 Å². The van der Waals surface area contributed by atoms with E-state index < -0.39 is 6.04 Å². The van der Waals surface area contributed by atoms with E-state index in [4.69, 9.17) is 6.57 Å². The molecule has 176 valence electrons. The van der Waals surface area contributed by atoms with E-state index in [0.717, 1.165) is 31.4 Å². The van der Waals surface area contributed by atoms with E-state index in [1.54, 1.807) is 4.90 Å².